The molecule has 1 aromatic carbocycles. The first kappa shape index (κ1) is 15.6. The van der Waals surface area contributed by atoms with Crippen LogP contribution in [0.4, 0.5) is 5.69 Å². The lowest BCUT2D eigenvalue weighted by Gasteiger charge is -2.36. The van der Waals surface area contributed by atoms with Crippen LogP contribution in [0.3, 0.4) is 0 Å². The van der Waals surface area contributed by atoms with Crippen molar-refractivity contribution in [1.29, 1.82) is 0 Å². The highest BCUT2D eigenvalue weighted by molar-refractivity contribution is 6.30. The molecule has 0 radical (unpaired) electrons. The van der Waals surface area contributed by atoms with E-state index in [-0.39, 0.29) is 12.5 Å². The number of anilines is 1. The van der Waals surface area contributed by atoms with Gasteiger partial charge in [-0.25, -0.2) is 4.79 Å². The molecular weight excluding hydrogens is 296 g/mol. The zero-order valence-electron chi connectivity index (χ0n) is 11.5. The molecule has 1 saturated heterocycles. The number of carbonyl (C=O) groups is 2. The van der Waals surface area contributed by atoms with Crippen LogP contribution < -0.4 is 4.90 Å². The fourth-order valence-electron chi connectivity index (χ4n) is 2.20. The molecule has 0 spiro atoms. The second-order valence-corrected chi connectivity index (χ2v) is 5.17. The summed E-state index contributed by atoms with van der Waals surface area (Å²) in [5.41, 5.74) is 1.04. The Hall–Kier alpha value is -1.79. The Bertz CT molecular complexity index is 515. The number of carboxylic acid groups (broad SMARTS) is 1. The zero-order chi connectivity index (χ0) is 15.2. The Labute approximate surface area is 127 Å². The van der Waals surface area contributed by atoms with E-state index in [4.69, 9.17) is 21.4 Å². The molecule has 0 saturated carbocycles. The van der Waals surface area contributed by atoms with Gasteiger partial charge in [0.1, 0.15) is 13.2 Å². The highest BCUT2D eigenvalue weighted by atomic mass is 35.5. The van der Waals surface area contributed by atoms with Crippen molar-refractivity contribution < 1.29 is 19.4 Å². The number of amides is 1. The second-order valence-electron chi connectivity index (χ2n) is 4.73. The first-order valence-electron chi connectivity index (χ1n) is 6.64. The lowest BCUT2D eigenvalue weighted by Crippen LogP contribution is -2.49. The van der Waals surface area contributed by atoms with Gasteiger partial charge in [0.05, 0.1) is 0 Å². The Morgan fingerprint density at radius 1 is 1.19 bits per heavy atom. The molecule has 7 heteroatoms. The highest BCUT2D eigenvalue weighted by Gasteiger charge is 2.21. The first-order chi connectivity index (χ1) is 10.1. The summed E-state index contributed by atoms with van der Waals surface area (Å²) < 4.78 is 4.82. The molecule has 1 aromatic rings. The number of aliphatic carboxylic acids is 1. The minimum absolute atomic E-state index is 0.179. The molecule has 1 aliphatic heterocycles. The average Bonchev–Trinajstić information content (AvgIpc) is 2.47. The third-order valence-electron chi connectivity index (χ3n) is 3.26. The van der Waals surface area contributed by atoms with Crippen molar-refractivity contribution >= 4 is 29.2 Å². The topological polar surface area (TPSA) is 70.1 Å². The number of halogens is 1. The molecule has 0 atom stereocenters. The normalized spacial score (nSPS) is 15.1. The lowest BCUT2D eigenvalue weighted by molar-refractivity contribution is -0.145. The fourth-order valence-corrected chi connectivity index (χ4v) is 2.39. The number of hydrogen-bond donors (Lipinski definition) is 1. The van der Waals surface area contributed by atoms with Crippen LogP contribution in [-0.2, 0) is 14.3 Å². The van der Waals surface area contributed by atoms with Crippen LogP contribution in [0, 0.1) is 0 Å². The summed E-state index contributed by atoms with van der Waals surface area (Å²) in [6, 6.07) is 7.61. The molecule has 0 bridgehead atoms. The summed E-state index contributed by atoms with van der Waals surface area (Å²) in [7, 11) is 0. The number of carbonyl (C=O) groups excluding carboxylic acids is 1. The number of benzene rings is 1. The molecule has 1 amide bonds. The highest BCUT2D eigenvalue weighted by Crippen LogP contribution is 2.20. The largest absolute Gasteiger partial charge is 0.480 e. The fraction of sp³-hybridized carbons (Fsp3) is 0.429. The molecule has 6 nitrogen and oxygen atoms in total. The quantitative estimate of drug-likeness (QED) is 0.881. The van der Waals surface area contributed by atoms with Crippen LogP contribution in [0.25, 0.3) is 0 Å². The van der Waals surface area contributed by atoms with E-state index in [2.05, 4.69) is 4.90 Å². The Kier molecular flexibility index (Phi) is 5.41. The van der Waals surface area contributed by atoms with Crippen LogP contribution in [0.15, 0.2) is 24.3 Å². The maximum absolute atomic E-state index is 11.8. The van der Waals surface area contributed by atoms with Crippen LogP contribution >= 0.6 is 11.6 Å². The smallest absolute Gasteiger partial charge is 0.329 e. The molecule has 0 aliphatic carbocycles. The molecule has 1 N–H and O–H groups in total. The second kappa shape index (κ2) is 7.28. The van der Waals surface area contributed by atoms with E-state index in [1.807, 2.05) is 24.3 Å². The van der Waals surface area contributed by atoms with Crippen molar-refractivity contribution in [2.75, 3.05) is 44.3 Å². The van der Waals surface area contributed by atoms with E-state index in [1.165, 1.54) is 0 Å². The van der Waals surface area contributed by atoms with Gasteiger partial charge in [-0.15, -0.1) is 0 Å². The molecule has 2 rings (SSSR count). The van der Waals surface area contributed by atoms with Gasteiger partial charge in [-0.1, -0.05) is 17.7 Å². The summed E-state index contributed by atoms with van der Waals surface area (Å²) in [5, 5.41) is 9.14. The van der Waals surface area contributed by atoms with Gasteiger partial charge in [0, 0.05) is 36.9 Å². The van der Waals surface area contributed by atoms with Crippen molar-refractivity contribution in [1.82, 2.24) is 4.90 Å². The van der Waals surface area contributed by atoms with E-state index in [0.717, 1.165) is 5.69 Å². The third kappa shape index (κ3) is 4.61. The van der Waals surface area contributed by atoms with Crippen molar-refractivity contribution in [3.8, 4) is 0 Å². The molecule has 21 heavy (non-hydrogen) atoms. The van der Waals surface area contributed by atoms with Crippen LogP contribution in [0.2, 0.25) is 5.02 Å². The van der Waals surface area contributed by atoms with Crippen LogP contribution in [-0.4, -0.2) is 61.3 Å². The van der Waals surface area contributed by atoms with Gasteiger partial charge in [-0.2, -0.15) is 0 Å². The number of hydrogen-bond acceptors (Lipinski definition) is 4. The van der Waals surface area contributed by atoms with Gasteiger partial charge in [0.25, 0.3) is 0 Å². The average molecular weight is 313 g/mol. The molecule has 1 heterocycles. The van der Waals surface area contributed by atoms with Gasteiger partial charge < -0.3 is 19.6 Å². The molecule has 114 valence electrons. The summed E-state index contributed by atoms with van der Waals surface area (Å²) >= 11 is 5.97. The number of nitrogens with zero attached hydrogens (tertiary/aromatic N) is 2. The van der Waals surface area contributed by atoms with E-state index >= 15 is 0 Å². The standard InChI is InChI=1S/C14H17ClN2O4/c15-11-2-1-3-12(8-11)16-4-6-17(7-5-16)13(18)9-21-10-14(19)20/h1-3,8H,4-7,9-10H2,(H,19,20). The van der Waals surface area contributed by atoms with Gasteiger partial charge in [-0.05, 0) is 18.2 Å². The molecule has 0 unspecified atom stereocenters. The number of ether oxygens (including phenoxy) is 1. The van der Waals surface area contributed by atoms with Crippen LogP contribution in [0.5, 0.6) is 0 Å². The zero-order valence-corrected chi connectivity index (χ0v) is 12.3. The number of piperazine rings is 1. The molecular formula is C14H17ClN2O4. The predicted octanol–water partition coefficient (Wildman–Crippen LogP) is 1.09. The Balaban J connectivity index is 1.80. The summed E-state index contributed by atoms with van der Waals surface area (Å²) in [4.78, 5) is 26.0. The van der Waals surface area contributed by atoms with Crippen molar-refractivity contribution in [3.63, 3.8) is 0 Å². The van der Waals surface area contributed by atoms with E-state index in [9.17, 15) is 9.59 Å². The molecule has 1 fully saturated rings. The van der Waals surface area contributed by atoms with Crippen molar-refractivity contribution in [2.45, 2.75) is 0 Å². The summed E-state index contributed by atoms with van der Waals surface area (Å²) in [5.74, 6) is -1.25. The number of carboxylic acids is 1. The lowest BCUT2D eigenvalue weighted by atomic mass is 10.2. The van der Waals surface area contributed by atoms with Crippen LogP contribution in [0.1, 0.15) is 0 Å². The van der Waals surface area contributed by atoms with E-state index in [1.54, 1.807) is 4.90 Å². The van der Waals surface area contributed by atoms with Crippen molar-refractivity contribution in [2.24, 2.45) is 0 Å². The molecule has 1 aliphatic rings. The minimum atomic E-state index is -1.08. The minimum Gasteiger partial charge on any atom is -0.480 e. The Morgan fingerprint density at radius 2 is 1.90 bits per heavy atom. The van der Waals surface area contributed by atoms with E-state index < -0.39 is 12.6 Å². The van der Waals surface area contributed by atoms with E-state index in [0.29, 0.717) is 31.2 Å². The Morgan fingerprint density at radius 3 is 2.52 bits per heavy atom. The summed E-state index contributed by atoms with van der Waals surface area (Å²) in [6.45, 7) is 1.96. The summed E-state index contributed by atoms with van der Waals surface area (Å²) in [6.07, 6.45) is 0. The van der Waals surface area contributed by atoms with Crippen molar-refractivity contribution in [3.05, 3.63) is 29.3 Å². The van der Waals surface area contributed by atoms with Gasteiger partial charge in [-0.3, -0.25) is 4.79 Å². The van der Waals surface area contributed by atoms with Gasteiger partial charge >= 0.3 is 5.97 Å². The number of rotatable bonds is 5. The predicted molar refractivity (Wildman–Crippen MR) is 78.7 cm³/mol. The molecule has 0 aromatic heterocycles. The SMILES string of the molecule is O=C(O)COCC(=O)N1CCN(c2cccc(Cl)c2)CC1. The third-order valence-corrected chi connectivity index (χ3v) is 3.49. The maximum atomic E-state index is 11.8. The van der Waals surface area contributed by atoms with Gasteiger partial charge in [0.15, 0.2) is 0 Å². The van der Waals surface area contributed by atoms with Gasteiger partial charge in [0.2, 0.25) is 5.91 Å². The monoisotopic (exact) mass is 312 g/mol. The maximum Gasteiger partial charge on any atom is 0.329 e. The first-order valence-corrected chi connectivity index (χ1v) is 7.02.